The van der Waals surface area contributed by atoms with Gasteiger partial charge in [0.1, 0.15) is 0 Å². The van der Waals surface area contributed by atoms with Crippen LogP contribution in [0.1, 0.15) is 37.0 Å². The van der Waals surface area contributed by atoms with Gasteiger partial charge in [-0.1, -0.05) is 39.0 Å². The van der Waals surface area contributed by atoms with Crippen LogP contribution in [0.15, 0.2) is 48.0 Å². The maximum absolute atomic E-state index is 12.3. The maximum Gasteiger partial charge on any atom is 0.277 e. The molecule has 0 atom stereocenters. The van der Waals surface area contributed by atoms with Crippen LogP contribution in [-0.4, -0.2) is 20.7 Å². The molecule has 0 saturated heterocycles. The van der Waals surface area contributed by atoms with Crippen molar-refractivity contribution >= 4 is 22.4 Å². The number of benzene rings is 1. The maximum atomic E-state index is 12.3. The molecule has 0 aliphatic rings. The Morgan fingerprint density at radius 1 is 1.17 bits per heavy atom. The van der Waals surface area contributed by atoms with Crippen LogP contribution in [0.2, 0.25) is 0 Å². The van der Waals surface area contributed by atoms with Gasteiger partial charge in [0.05, 0.1) is 11.4 Å². The molecular weight excluding hydrogens is 308 g/mol. The Morgan fingerprint density at radius 3 is 2.57 bits per heavy atom. The minimum Gasteiger partial charge on any atom is -0.296 e. The summed E-state index contributed by atoms with van der Waals surface area (Å²) in [6.07, 6.45) is 1.77. The van der Waals surface area contributed by atoms with Gasteiger partial charge in [0.15, 0.2) is 10.8 Å². The number of anilines is 1. The average molecular weight is 326 g/mol. The molecule has 5 nitrogen and oxygen atoms in total. The first-order valence-corrected chi connectivity index (χ1v) is 8.20. The fourth-order valence-corrected chi connectivity index (χ4v) is 2.94. The van der Waals surface area contributed by atoms with Gasteiger partial charge in [0, 0.05) is 17.0 Å². The zero-order valence-corrected chi connectivity index (χ0v) is 14.1. The monoisotopic (exact) mass is 326 g/mol. The van der Waals surface area contributed by atoms with E-state index in [1.54, 1.807) is 16.9 Å². The molecule has 0 saturated carbocycles. The van der Waals surface area contributed by atoms with E-state index in [2.05, 4.69) is 36.2 Å². The quantitative estimate of drug-likeness (QED) is 0.794. The second-order valence-electron chi connectivity index (χ2n) is 6.22. The Labute approximate surface area is 139 Å². The molecule has 3 aromatic rings. The lowest BCUT2D eigenvalue weighted by atomic mass is 9.93. The number of thiazole rings is 1. The highest BCUT2D eigenvalue weighted by Crippen LogP contribution is 2.26. The number of para-hydroxylation sites is 1. The molecule has 0 fully saturated rings. The number of aromatic nitrogens is 3. The first-order valence-electron chi connectivity index (χ1n) is 7.32. The fourth-order valence-electron chi connectivity index (χ4n) is 2.01. The number of amides is 1. The largest absolute Gasteiger partial charge is 0.296 e. The summed E-state index contributed by atoms with van der Waals surface area (Å²) in [7, 11) is 0. The molecule has 118 valence electrons. The highest BCUT2D eigenvalue weighted by atomic mass is 32.1. The van der Waals surface area contributed by atoms with E-state index >= 15 is 0 Å². The van der Waals surface area contributed by atoms with Crippen LogP contribution < -0.4 is 5.32 Å². The molecule has 23 heavy (non-hydrogen) atoms. The standard InChI is InChI=1S/C17H18N4OS/c1-17(2,3)14-11-23-16(18-14)19-15(22)13-9-10-21(20-13)12-7-5-4-6-8-12/h4-11H,1-3H3,(H,18,19,22). The van der Waals surface area contributed by atoms with Crippen molar-refractivity contribution in [2.24, 2.45) is 0 Å². The van der Waals surface area contributed by atoms with Crippen LogP contribution >= 0.6 is 11.3 Å². The number of carbonyl (C=O) groups excluding carboxylic acids is 1. The molecular formula is C17H18N4OS. The minimum atomic E-state index is -0.255. The lowest BCUT2D eigenvalue weighted by Gasteiger charge is -2.14. The number of rotatable bonds is 3. The van der Waals surface area contributed by atoms with E-state index in [1.807, 2.05) is 35.7 Å². The molecule has 0 aliphatic heterocycles. The first kappa shape index (κ1) is 15.4. The van der Waals surface area contributed by atoms with Gasteiger partial charge in [-0.05, 0) is 18.2 Å². The Morgan fingerprint density at radius 2 is 1.91 bits per heavy atom. The number of carbonyl (C=O) groups is 1. The average Bonchev–Trinajstić information content (AvgIpc) is 3.16. The molecule has 0 bridgehead atoms. The zero-order chi connectivity index (χ0) is 16.4. The van der Waals surface area contributed by atoms with Gasteiger partial charge in [0.2, 0.25) is 0 Å². The van der Waals surface area contributed by atoms with Crippen molar-refractivity contribution in [1.29, 1.82) is 0 Å². The highest BCUT2D eigenvalue weighted by molar-refractivity contribution is 7.14. The fraction of sp³-hybridized carbons (Fsp3) is 0.235. The molecule has 2 heterocycles. The highest BCUT2D eigenvalue weighted by Gasteiger charge is 2.19. The van der Waals surface area contributed by atoms with Gasteiger partial charge >= 0.3 is 0 Å². The molecule has 3 rings (SSSR count). The van der Waals surface area contributed by atoms with E-state index in [1.165, 1.54) is 11.3 Å². The molecule has 0 aliphatic carbocycles. The summed E-state index contributed by atoms with van der Waals surface area (Å²) < 4.78 is 1.68. The van der Waals surface area contributed by atoms with Crippen LogP contribution in [0.25, 0.3) is 5.69 Å². The van der Waals surface area contributed by atoms with Gasteiger partial charge in [-0.25, -0.2) is 9.67 Å². The molecule has 1 aromatic carbocycles. The predicted octanol–water partition coefficient (Wildman–Crippen LogP) is 3.88. The third-order valence-electron chi connectivity index (χ3n) is 3.34. The van der Waals surface area contributed by atoms with Crippen LogP contribution in [0, 0.1) is 0 Å². The van der Waals surface area contributed by atoms with E-state index in [0.717, 1.165) is 11.4 Å². The summed E-state index contributed by atoms with van der Waals surface area (Å²) in [5, 5.41) is 9.68. The second-order valence-corrected chi connectivity index (χ2v) is 7.08. The molecule has 0 unspecified atom stereocenters. The summed E-state index contributed by atoms with van der Waals surface area (Å²) in [6, 6.07) is 11.4. The predicted molar refractivity (Wildman–Crippen MR) is 92.3 cm³/mol. The third-order valence-corrected chi connectivity index (χ3v) is 4.09. The van der Waals surface area contributed by atoms with Gasteiger partial charge in [-0.15, -0.1) is 11.3 Å². The lowest BCUT2D eigenvalue weighted by Crippen LogP contribution is -2.15. The summed E-state index contributed by atoms with van der Waals surface area (Å²) in [5.41, 5.74) is 2.21. The van der Waals surface area contributed by atoms with Crippen LogP contribution in [0.4, 0.5) is 5.13 Å². The smallest absolute Gasteiger partial charge is 0.277 e. The summed E-state index contributed by atoms with van der Waals surface area (Å²) >= 11 is 1.42. The zero-order valence-electron chi connectivity index (χ0n) is 13.3. The normalized spacial score (nSPS) is 11.4. The van der Waals surface area contributed by atoms with Crippen molar-refractivity contribution < 1.29 is 4.79 Å². The Bertz CT molecular complexity index is 814. The van der Waals surface area contributed by atoms with Crippen LogP contribution in [-0.2, 0) is 5.41 Å². The van der Waals surface area contributed by atoms with Crippen LogP contribution in [0.3, 0.4) is 0 Å². The summed E-state index contributed by atoms with van der Waals surface area (Å²) in [4.78, 5) is 16.8. The van der Waals surface area contributed by atoms with Crippen molar-refractivity contribution in [3.63, 3.8) is 0 Å². The summed E-state index contributed by atoms with van der Waals surface area (Å²) in [5.74, 6) is -0.255. The van der Waals surface area contributed by atoms with E-state index in [4.69, 9.17) is 0 Å². The van der Waals surface area contributed by atoms with Crippen molar-refractivity contribution in [2.45, 2.75) is 26.2 Å². The van der Waals surface area contributed by atoms with Gasteiger partial charge in [0.25, 0.3) is 5.91 Å². The van der Waals surface area contributed by atoms with Crippen LogP contribution in [0.5, 0.6) is 0 Å². The van der Waals surface area contributed by atoms with Crippen molar-refractivity contribution in [1.82, 2.24) is 14.8 Å². The SMILES string of the molecule is CC(C)(C)c1csc(NC(=O)c2ccn(-c3ccccc3)n2)n1. The van der Waals surface area contributed by atoms with E-state index in [-0.39, 0.29) is 11.3 Å². The van der Waals surface area contributed by atoms with E-state index in [0.29, 0.717) is 10.8 Å². The first-order chi connectivity index (χ1) is 10.9. The number of nitrogens with one attached hydrogen (secondary N) is 1. The molecule has 1 amide bonds. The number of nitrogens with zero attached hydrogens (tertiary/aromatic N) is 3. The Hall–Kier alpha value is -2.47. The van der Waals surface area contributed by atoms with E-state index in [9.17, 15) is 4.79 Å². The molecule has 0 spiro atoms. The van der Waals surface area contributed by atoms with Gasteiger partial charge in [-0.3, -0.25) is 10.1 Å². The lowest BCUT2D eigenvalue weighted by molar-refractivity contribution is 0.102. The molecule has 6 heteroatoms. The van der Waals surface area contributed by atoms with E-state index < -0.39 is 0 Å². The second kappa shape index (κ2) is 5.96. The number of hydrogen-bond donors (Lipinski definition) is 1. The third kappa shape index (κ3) is 3.48. The Balaban J connectivity index is 1.74. The molecule has 2 aromatic heterocycles. The summed E-state index contributed by atoms with van der Waals surface area (Å²) in [6.45, 7) is 6.28. The van der Waals surface area contributed by atoms with Gasteiger partial charge < -0.3 is 0 Å². The van der Waals surface area contributed by atoms with Gasteiger partial charge in [-0.2, -0.15) is 5.10 Å². The molecule has 0 radical (unpaired) electrons. The molecule has 1 N–H and O–H groups in total. The van der Waals surface area contributed by atoms with Crippen molar-refractivity contribution in [3.8, 4) is 5.69 Å². The Kier molecular flexibility index (Phi) is 4.00. The van der Waals surface area contributed by atoms with Crippen molar-refractivity contribution in [2.75, 3.05) is 5.32 Å². The topological polar surface area (TPSA) is 59.8 Å². The number of hydrogen-bond acceptors (Lipinski definition) is 4. The minimum absolute atomic E-state index is 0.0334. The van der Waals surface area contributed by atoms with Crippen molar-refractivity contribution in [3.05, 3.63) is 59.4 Å².